The van der Waals surface area contributed by atoms with E-state index in [1.807, 2.05) is 13.0 Å². The lowest BCUT2D eigenvalue weighted by Gasteiger charge is -2.06. The van der Waals surface area contributed by atoms with Crippen LogP contribution in [0.15, 0.2) is 33.4 Å². The molecule has 1 aromatic heterocycles. The third kappa shape index (κ3) is 3.80. The molecule has 0 saturated carbocycles. The molecular formula is C14H14BrF2NO2. The SMILES string of the molecule is CCNCc1coc(COc2cc(Br)cc(F)c2F)c1. The minimum atomic E-state index is -1.01. The fraction of sp³-hybridized carbons (Fsp3) is 0.286. The van der Waals surface area contributed by atoms with Gasteiger partial charge in [0.25, 0.3) is 0 Å². The predicted octanol–water partition coefficient (Wildman–Crippen LogP) is 4.01. The van der Waals surface area contributed by atoms with Crippen LogP contribution in [0.25, 0.3) is 0 Å². The van der Waals surface area contributed by atoms with Gasteiger partial charge >= 0.3 is 0 Å². The number of nitrogens with one attached hydrogen (secondary N) is 1. The third-order valence-corrected chi connectivity index (χ3v) is 3.07. The van der Waals surface area contributed by atoms with Crippen molar-refractivity contribution >= 4 is 15.9 Å². The van der Waals surface area contributed by atoms with E-state index in [0.29, 0.717) is 16.8 Å². The maximum Gasteiger partial charge on any atom is 0.200 e. The van der Waals surface area contributed by atoms with Crippen molar-refractivity contribution in [3.05, 3.63) is 51.9 Å². The Hall–Kier alpha value is -1.40. The molecule has 108 valence electrons. The van der Waals surface area contributed by atoms with Gasteiger partial charge in [-0.15, -0.1) is 0 Å². The second-order valence-corrected chi connectivity index (χ2v) is 5.11. The summed E-state index contributed by atoms with van der Waals surface area (Å²) in [6, 6.07) is 4.24. The Morgan fingerprint density at radius 3 is 2.85 bits per heavy atom. The Kier molecular flexibility index (Phi) is 5.14. The van der Waals surface area contributed by atoms with Crippen molar-refractivity contribution in [2.75, 3.05) is 6.54 Å². The fourth-order valence-electron chi connectivity index (χ4n) is 1.65. The molecule has 0 saturated heterocycles. The Morgan fingerprint density at radius 2 is 2.10 bits per heavy atom. The largest absolute Gasteiger partial charge is 0.482 e. The van der Waals surface area contributed by atoms with Crippen LogP contribution in [0.2, 0.25) is 0 Å². The third-order valence-electron chi connectivity index (χ3n) is 2.62. The summed E-state index contributed by atoms with van der Waals surface area (Å²) in [6.45, 7) is 3.60. The number of ether oxygens (including phenoxy) is 1. The lowest BCUT2D eigenvalue weighted by atomic mass is 10.3. The summed E-state index contributed by atoms with van der Waals surface area (Å²) in [5.74, 6) is -1.56. The highest BCUT2D eigenvalue weighted by molar-refractivity contribution is 9.10. The van der Waals surface area contributed by atoms with Crippen LogP contribution >= 0.6 is 15.9 Å². The quantitative estimate of drug-likeness (QED) is 0.803. The van der Waals surface area contributed by atoms with E-state index in [4.69, 9.17) is 9.15 Å². The van der Waals surface area contributed by atoms with Gasteiger partial charge in [0.1, 0.15) is 12.4 Å². The minimum Gasteiger partial charge on any atom is -0.482 e. The van der Waals surface area contributed by atoms with Gasteiger partial charge in [0.2, 0.25) is 5.82 Å². The molecule has 6 heteroatoms. The second kappa shape index (κ2) is 6.85. The van der Waals surface area contributed by atoms with Gasteiger partial charge in [0, 0.05) is 16.6 Å². The first-order chi connectivity index (χ1) is 9.60. The number of rotatable bonds is 6. The van der Waals surface area contributed by atoms with Gasteiger partial charge in [-0.05, 0) is 24.7 Å². The van der Waals surface area contributed by atoms with E-state index >= 15 is 0 Å². The van der Waals surface area contributed by atoms with Gasteiger partial charge in [-0.25, -0.2) is 4.39 Å². The van der Waals surface area contributed by atoms with Crippen LogP contribution in [0.1, 0.15) is 18.2 Å². The number of furan rings is 1. The highest BCUT2D eigenvalue weighted by Crippen LogP contribution is 2.26. The maximum absolute atomic E-state index is 13.5. The molecule has 0 radical (unpaired) electrons. The standard InChI is InChI=1S/C14H14BrF2NO2/c1-2-18-6-9-3-11(19-7-9)8-20-13-5-10(15)4-12(16)14(13)17/h3-5,7,18H,2,6,8H2,1H3. The maximum atomic E-state index is 13.5. The topological polar surface area (TPSA) is 34.4 Å². The zero-order valence-electron chi connectivity index (χ0n) is 10.9. The normalized spacial score (nSPS) is 10.8. The van der Waals surface area contributed by atoms with E-state index in [1.165, 1.54) is 6.07 Å². The molecule has 0 unspecified atom stereocenters. The van der Waals surface area contributed by atoms with Gasteiger partial charge in [0.15, 0.2) is 11.6 Å². The lowest BCUT2D eigenvalue weighted by Crippen LogP contribution is -2.10. The van der Waals surface area contributed by atoms with Crippen molar-refractivity contribution in [1.29, 1.82) is 0 Å². The van der Waals surface area contributed by atoms with Crippen molar-refractivity contribution < 1.29 is 17.9 Å². The Bertz CT molecular complexity index is 587. The molecule has 0 aliphatic heterocycles. The number of hydrogen-bond donors (Lipinski definition) is 1. The van der Waals surface area contributed by atoms with E-state index in [0.717, 1.165) is 18.2 Å². The minimum absolute atomic E-state index is 0.0406. The summed E-state index contributed by atoms with van der Waals surface area (Å²) in [5, 5.41) is 3.16. The molecule has 0 fully saturated rings. The molecule has 20 heavy (non-hydrogen) atoms. The second-order valence-electron chi connectivity index (χ2n) is 4.19. The highest BCUT2D eigenvalue weighted by Gasteiger charge is 2.12. The Labute approximate surface area is 124 Å². The zero-order valence-corrected chi connectivity index (χ0v) is 12.5. The van der Waals surface area contributed by atoms with E-state index in [-0.39, 0.29) is 12.4 Å². The van der Waals surface area contributed by atoms with Crippen molar-refractivity contribution in [1.82, 2.24) is 5.32 Å². The average molecular weight is 346 g/mol. The zero-order chi connectivity index (χ0) is 14.5. The molecule has 0 bridgehead atoms. The van der Waals surface area contributed by atoms with Crippen molar-refractivity contribution in [3.8, 4) is 5.75 Å². The summed E-state index contributed by atoms with van der Waals surface area (Å²) in [6.07, 6.45) is 1.61. The summed E-state index contributed by atoms with van der Waals surface area (Å²) < 4.78 is 37.6. The summed E-state index contributed by atoms with van der Waals surface area (Å²) >= 11 is 3.09. The number of halogens is 3. The molecule has 0 aliphatic rings. The molecule has 2 rings (SSSR count). The van der Waals surface area contributed by atoms with Crippen LogP contribution in [0.4, 0.5) is 8.78 Å². The van der Waals surface area contributed by atoms with Gasteiger partial charge in [-0.3, -0.25) is 0 Å². The molecule has 1 N–H and O–H groups in total. The van der Waals surface area contributed by atoms with Gasteiger partial charge in [-0.2, -0.15) is 4.39 Å². The fourth-order valence-corrected chi connectivity index (χ4v) is 2.06. The molecule has 0 atom stereocenters. The summed E-state index contributed by atoms with van der Waals surface area (Å²) in [7, 11) is 0. The van der Waals surface area contributed by atoms with Gasteiger partial charge in [0.05, 0.1) is 6.26 Å². The van der Waals surface area contributed by atoms with Crippen molar-refractivity contribution in [2.24, 2.45) is 0 Å². The number of hydrogen-bond acceptors (Lipinski definition) is 3. The smallest absolute Gasteiger partial charge is 0.200 e. The van der Waals surface area contributed by atoms with E-state index in [9.17, 15) is 8.78 Å². The number of benzene rings is 1. The van der Waals surface area contributed by atoms with Crippen LogP contribution in [0, 0.1) is 11.6 Å². The molecule has 0 amide bonds. The first-order valence-electron chi connectivity index (χ1n) is 6.14. The average Bonchev–Trinajstić information content (AvgIpc) is 2.86. The molecule has 3 nitrogen and oxygen atoms in total. The van der Waals surface area contributed by atoms with E-state index in [1.54, 1.807) is 6.26 Å². The summed E-state index contributed by atoms with van der Waals surface area (Å²) in [4.78, 5) is 0. The molecule has 0 spiro atoms. The molecule has 1 heterocycles. The first kappa shape index (κ1) is 15.0. The van der Waals surface area contributed by atoms with E-state index in [2.05, 4.69) is 21.2 Å². The predicted molar refractivity (Wildman–Crippen MR) is 74.5 cm³/mol. The molecule has 1 aromatic carbocycles. The first-order valence-corrected chi connectivity index (χ1v) is 6.93. The molecule has 2 aromatic rings. The Morgan fingerprint density at radius 1 is 1.30 bits per heavy atom. The lowest BCUT2D eigenvalue weighted by molar-refractivity contribution is 0.254. The summed E-state index contributed by atoms with van der Waals surface area (Å²) in [5.41, 5.74) is 0.978. The van der Waals surface area contributed by atoms with Crippen LogP contribution in [0.5, 0.6) is 5.75 Å². The monoisotopic (exact) mass is 345 g/mol. The van der Waals surface area contributed by atoms with Crippen LogP contribution in [-0.2, 0) is 13.2 Å². The van der Waals surface area contributed by atoms with Crippen molar-refractivity contribution in [2.45, 2.75) is 20.1 Å². The Balaban J connectivity index is 2.00. The molecular weight excluding hydrogens is 332 g/mol. The van der Waals surface area contributed by atoms with Crippen molar-refractivity contribution in [3.63, 3.8) is 0 Å². The van der Waals surface area contributed by atoms with Gasteiger partial charge in [-0.1, -0.05) is 22.9 Å². The van der Waals surface area contributed by atoms with Crippen LogP contribution < -0.4 is 10.1 Å². The van der Waals surface area contributed by atoms with Crippen LogP contribution in [-0.4, -0.2) is 6.54 Å². The molecule has 0 aliphatic carbocycles. The van der Waals surface area contributed by atoms with Crippen LogP contribution in [0.3, 0.4) is 0 Å². The van der Waals surface area contributed by atoms with E-state index < -0.39 is 11.6 Å². The highest BCUT2D eigenvalue weighted by atomic mass is 79.9. The van der Waals surface area contributed by atoms with Gasteiger partial charge < -0.3 is 14.5 Å².